The van der Waals surface area contributed by atoms with E-state index >= 15 is 0 Å². The molecule has 0 aliphatic carbocycles. The number of guanidine groups is 1. The van der Waals surface area contributed by atoms with Crippen LogP contribution < -0.4 is 10.6 Å². The molecule has 0 saturated heterocycles. The number of hydrogen-bond donors (Lipinski definition) is 2. The van der Waals surface area contributed by atoms with Crippen molar-refractivity contribution in [2.75, 3.05) is 6.54 Å². The Bertz CT molecular complexity index is 418. The smallest absolute Gasteiger partial charge is 0.191 e. The van der Waals surface area contributed by atoms with E-state index in [2.05, 4.69) is 22.5 Å². The van der Waals surface area contributed by atoms with Gasteiger partial charge in [0.05, 0.1) is 16.6 Å². The van der Waals surface area contributed by atoms with Crippen molar-refractivity contribution in [1.82, 2.24) is 10.6 Å². The fourth-order valence-electron chi connectivity index (χ4n) is 1.52. The van der Waals surface area contributed by atoms with Crippen LogP contribution in [0.15, 0.2) is 23.2 Å². The van der Waals surface area contributed by atoms with Crippen LogP contribution in [-0.2, 0) is 6.54 Å². The third-order valence-corrected chi connectivity index (χ3v) is 3.24. The molecule has 1 unspecified atom stereocenters. The lowest BCUT2D eigenvalue weighted by molar-refractivity contribution is 0.713. The van der Waals surface area contributed by atoms with Gasteiger partial charge < -0.3 is 10.6 Å². The topological polar surface area (TPSA) is 36.4 Å². The van der Waals surface area contributed by atoms with Gasteiger partial charge in [-0.05, 0) is 18.6 Å². The second kappa shape index (κ2) is 4.93. The van der Waals surface area contributed by atoms with Crippen LogP contribution in [0.5, 0.6) is 0 Å². The molecule has 0 fully saturated rings. The molecule has 0 amide bonds. The molecule has 1 atom stereocenters. The van der Waals surface area contributed by atoms with E-state index in [1.165, 1.54) is 0 Å². The molecule has 0 saturated carbocycles. The normalized spacial score (nSPS) is 19.2. The van der Waals surface area contributed by atoms with Crippen molar-refractivity contribution in [2.24, 2.45) is 4.99 Å². The summed E-state index contributed by atoms with van der Waals surface area (Å²) in [6.45, 7) is 3.52. The van der Waals surface area contributed by atoms with E-state index in [0.29, 0.717) is 22.6 Å². The highest BCUT2D eigenvalue weighted by Gasteiger charge is 2.12. The molecule has 1 heterocycles. The molecule has 3 nitrogen and oxygen atoms in total. The SMILES string of the molecule is CC1CN=C(NCc2cccc(Cl)c2Cl)N1. The Hall–Kier alpha value is -0.930. The first-order valence-corrected chi connectivity index (χ1v) is 5.90. The summed E-state index contributed by atoms with van der Waals surface area (Å²) in [5, 5.41) is 7.59. The monoisotopic (exact) mass is 257 g/mol. The first kappa shape index (κ1) is 11.6. The fraction of sp³-hybridized carbons (Fsp3) is 0.364. The highest BCUT2D eigenvalue weighted by molar-refractivity contribution is 6.42. The average molecular weight is 258 g/mol. The maximum Gasteiger partial charge on any atom is 0.191 e. The van der Waals surface area contributed by atoms with Gasteiger partial charge in [0.2, 0.25) is 0 Å². The number of aliphatic imine (C=N–C) groups is 1. The molecule has 0 spiro atoms. The minimum absolute atomic E-state index is 0.400. The Morgan fingerprint density at radius 1 is 1.50 bits per heavy atom. The first-order chi connectivity index (χ1) is 7.66. The van der Waals surface area contributed by atoms with E-state index in [-0.39, 0.29) is 0 Å². The van der Waals surface area contributed by atoms with Gasteiger partial charge in [-0.2, -0.15) is 0 Å². The van der Waals surface area contributed by atoms with Crippen LogP contribution in [0.2, 0.25) is 10.0 Å². The Kier molecular flexibility index (Phi) is 3.56. The second-order valence-electron chi connectivity index (χ2n) is 3.80. The minimum Gasteiger partial charge on any atom is -0.352 e. The summed E-state index contributed by atoms with van der Waals surface area (Å²) in [5.74, 6) is 0.823. The molecule has 1 aromatic carbocycles. The van der Waals surface area contributed by atoms with E-state index in [9.17, 15) is 0 Å². The van der Waals surface area contributed by atoms with Gasteiger partial charge in [-0.3, -0.25) is 4.99 Å². The summed E-state index contributed by atoms with van der Waals surface area (Å²) in [6, 6.07) is 6.01. The second-order valence-corrected chi connectivity index (χ2v) is 4.59. The zero-order valence-electron chi connectivity index (χ0n) is 8.93. The number of benzene rings is 1. The molecule has 16 heavy (non-hydrogen) atoms. The Labute approximate surface area is 105 Å². The van der Waals surface area contributed by atoms with Gasteiger partial charge in [0, 0.05) is 12.6 Å². The maximum absolute atomic E-state index is 6.08. The molecular formula is C11H13Cl2N3. The van der Waals surface area contributed by atoms with Gasteiger partial charge in [-0.1, -0.05) is 35.3 Å². The number of hydrogen-bond acceptors (Lipinski definition) is 3. The zero-order chi connectivity index (χ0) is 11.5. The van der Waals surface area contributed by atoms with Crippen molar-refractivity contribution in [1.29, 1.82) is 0 Å². The van der Waals surface area contributed by atoms with Crippen LogP contribution in [-0.4, -0.2) is 18.5 Å². The minimum atomic E-state index is 0.400. The van der Waals surface area contributed by atoms with Crippen molar-refractivity contribution >= 4 is 29.2 Å². The molecule has 1 aromatic rings. The Morgan fingerprint density at radius 3 is 3.00 bits per heavy atom. The van der Waals surface area contributed by atoms with Crippen molar-refractivity contribution in [3.05, 3.63) is 33.8 Å². The molecule has 1 aliphatic rings. The molecular weight excluding hydrogens is 245 g/mol. The van der Waals surface area contributed by atoms with Gasteiger partial charge in [0.1, 0.15) is 0 Å². The Morgan fingerprint density at radius 2 is 2.31 bits per heavy atom. The predicted molar refractivity (Wildman–Crippen MR) is 68.2 cm³/mol. The van der Waals surface area contributed by atoms with Crippen LogP contribution in [0, 0.1) is 0 Å². The molecule has 0 radical (unpaired) electrons. The summed E-state index contributed by atoms with van der Waals surface area (Å²) < 4.78 is 0. The van der Waals surface area contributed by atoms with E-state index in [1.807, 2.05) is 12.1 Å². The number of rotatable bonds is 2. The standard InChI is InChI=1S/C11H13Cl2N3/c1-7-5-14-11(16-7)15-6-8-3-2-4-9(12)10(8)13/h2-4,7H,5-6H2,1H3,(H2,14,15,16). The third kappa shape index (κ3) is 2.60. The van der Waals surface area contributed by atoms with Crippen LogP contribution in [0.25, 0.3) is 0 Å². The molecule has 86 valence electrons. The maximum atomic E-state index is 6.08. The number of halogens is 2. The van der Waals surface area contributed by atoms with Crippen LogP contribution in [0.3, 0.4) is 0 Å². The molecule has 2 rings (SSSR count). The van der Waals surface area contributed by atoms with Gasteiger partial charge in [-0.15, -0.1) is 0 Å². The van der Waals surface area contributed by atoms with Gasteiger partial charge in [0.25, 0.3) is 0 Å². The molecule has 1 aliphatic heterocycles. The summed E-state index contributed by atoms with van der Waals surface area (Å²) >= 11 is 12.0. The molecule has 5 heteroatoms. The van der Waals surface area contributed by atoms with Crippen molar-refractivity contribution in [3.63, 3.8) is 0 Å². The lowest BCUT2D eigenvalue weighted by Gasteiger charge is -2.10. The predicted octanol–water partition coefficient (Wildman–Crippen LogP) is 2.43. The van der Waals surface area contributed by atoms with Crippen LogP contribution in [0.4, 0.5) is 0 Å². The highest BCUT2D eigenvalue weighted by atomic mass is 35.5. The van der Waals surface area contributed by atoms with Gasteiger partial charge >= 0.3 is 0 Å². The highest BCUT2D eigenvalue weighted by Crippen LogP contribution is 2.25. The molecule has 0 bridgehead atoms. The van der Waals surface area contributed by atoms with E-state index in [1.54, 1.807) is 6.07 Å². The summed E-state index contributed by atoms with van der Waals surface area (Å²) in [7, 11) is 0. The fourth-order valence-corrected chi connectivity index (χ4v) is 1.91. The van der Waals surface area contributed by atoms with Gasteiger partial charge in [0.15, 0.2) is 5.96 Å². The molecule has 2 N–H and O–H groups in total. The summed E-state index contributed by atoms with van der Waals surface area (Å²) in [5.41, 5.74) is 0.971. The number of nitrogens with zero attached hydrogens (tertiary/aromatic N) is 1. The van der Waals surface area contributed by atoms with Crippen LogP contribution in [0.1, 0.15) is 12.5 Å². The van der Waals surface area contributed by atoms with E-state index < -0.39 is 0 Å². The summed E-state index contributed by atoms with van der Waals surface area (Å²) in [6.07, 6.45) is 0. The zero-order valence-corrected chi connectivity index (χ0v) is 10.4. The number of nitrogens with one attached hydrogen (secondary N) is 2. The lowest BCUT2D eigenvalue weighted by atomic mass is 10.2. The third-order valence-electron chi connectivity index (χ3n) is 2.38. The van der Waals surface area contributed by atoms with E-state index in [4.69, 9.17) is 23.2 Å². The first-order valence-electron chi connectivity index (χ1n) is 5.14. The van der Waals surface area contributed by atoms with Crippen molar-refractivity contribution in [3.8, 4) is 0 Å². The van der Waals surface area contributed by atoms with Crippen molar-refractivity contribution < 1.29 is 0 Å². The Balaban J connectivity index is 1.97. The quantitative estimate of drug-likeness (QED) is 0.854. The van der Waals surface area contributed by atoms with Crippen LogP contribution >= 0.6 is 23.2 Å². The average Bonchev–Trinajstić information content (AvgIpc) is 2.67. The van der Waals surface area contributed by atoms with E-state index in [0.717, 1.165) is 18.1 Å². The van der Waals surface area contributed by atoms with Crippen molar-refractivity contribution in [2.45, 2.75) is 19.5 Å². The summed E-state index contributed by atoms with van der Waals surface area (Å²) in [4.78, 5) is 4.30. The van der Waals surface area contributed by atoms with Gasteiger partial charge in [-0.25, -0.2) is 0 Å². The molecule has 0 aromatic heterocycles. The lowest BCUT2D eigenvalue weighted by Crippen LogP contribution is -2.37. The largest absolute Gasteiger partial charge is 0.352 e.